The molecule has 0 aliphatic carbocycles. The number of rotatable bonds is 6. The maximum absolute atomic E-state index is 13.9. The Morgan fingerprint density at radius 1 is 1.10 bits per heavy atom. The van der Waals surface area contributed by atoms with Gasteiger partial charge in [-0.1, -0.05) is 0 Å². The second kappa shape index (κ2) is 11.0. The second-order valence-electron chi connectivity index (χ2n) is 10.3. The molecule has 1 unspecified atom stereocenters. The van der Waals surface area contributed by atoms with Crippen LogP contribution in [-0.2, 0) is 11.3 Å². The van der Waals surface area contributed by atoms with Crippen LogP contribution in [0.2, 0.25) is 0 Å². The first-order valence-electron chi connectivity index (χ1n) is 13.5. The molecule has 200 valence electrons. The molecule has 2 N–H and O–H groups in total. The van der Waals surface area contributed by atoms with E-state index in [2.05, 4.69) is 25.1 Å². The minimum atomic E-state index is -0.205. The maximum atomic E-state index is 13.9. The van der Waals surface area contributed by atoms with Gasteiger partial charge in [-0.15, -0.1) is 0 Å². The van der Waals surface area contributed by atoms with Crippen LogP contribution in [0.5, 0.6) is 0 Å². The number of nitrogens with one attached hydrogen (secondary N) is 2. The molecule has 2 saturated heterocycles. The molecule has 3 aromatic heterocycles. The molecule has 4 aromatic rings. The van der Waals surface area contributed by atoms with Gasteiger partial charge in [0, 0.05) is 67.4 Å². The summed E-state index contributed by atoms with van der Waals surface area (Å²) in [6.07, 6.45) is 7.54. The van der Waals surface area contributed by atoms with Crippen molar-refractivity contribution in [3.63, 3.8) is 0 Å². The van der Waals surface area contributed by atoms with E-state index in [4.69, 9.17) is 9.72 Å². The van der Waals surface area contributed by atoms with E-state index >= 15 is 0 Å². The van der Waals surface area contributed by atoms with Gasteiger partial charge in [-0.3, -0.25) is 19.5 Å². The summed E-state index contributed by atoms with van der Waals surface area (Å²) in [7, 11) is 0. The Balaban J connectivity index is 1.34. The zero-order valence-corrected chi connectivity index (χ0v) is 22.0. The number of hydrogen-bond donors (Lipinski definition) is 2. The van der Waals surface area contributed by atoms with Gasteiger partial charge in [-0.25, -0.2) is 4.98 Å². The number of carbonyl (C=O) groups is 1. The highest BCUT2D eigenvalue weighted by Crippen LogP contribution is 2.37. The first-order chi connectivity index (χ1) is 19.0. The van der Waals surface area contributed by atoms with Crippen LogP contribution in [0.1, 0.15) is 45.9 Å². The number of aromatic nitrogens is 3. The number of carbonyl (C=O) groups excluding carboxylic acids is 1. The lowest BCUT2D eigenvalue weighted by Gasteiger charge is -2.29. The van der Waals surface area contributed by atoms with Crippen LogP contribution in [0.25, 0.3) is 10.9 Å². The van der Waals surface area contributed by atoms with Gasteiger partial charge in [0.05, 0.1) is 24.8 Å². The van der Waals surface area contributed by atoms with Gasteiger partial charge in [0.2, 0.25) is 5.56 Å². The van der Waals surface area contributed by atoms with E-state index in [1.165, 1.54) is 5.56 Å². The highest BCUT2D eigenvalue weighted by molar-refractivity contribution is 6.08. The van der Waals surface area contributed by atoms with E-state index in [0.717, 1.165) is 54.5 Å². The Morgan fingerprint density at radius 3 is 2.74 bits per heavy atom. The number of aryl methyl sites for hydroxylation is 1. The SMILES string of the molecule is Cc1cc(=O)[nH]c2ccc(NC(=O)c3cc(CN4CCOCC4)cnc3N3CCCC3c3ccncc3)cc12. The normalized spacial score (nSPS) is 18.0. The third-order valence-corrected chi connectivity index (χ3v) is 7.60. The van der Waals surface area contributed by atoms with Crippen LogP contribution in [0.15, 0.2) is 65.8 Å². The predicted molar refractivity (Wildman–Crippen MR) is 151 cm³/mol. The Bertz CT molecular complexity index is 1550. The number of nitrogens with zero attached hydrogens (tertiary/aromatic N) is 4. The summed E-state index contributed by atoms with van der Waals surface area (Å²) < 4.78 is 5.50. The van der Waals surface area contributed by atoms with Crippen LogP contribution >= 0.6 is 0 Å². The molecule has 39 heavy (non-hydrogen) atoms. The van der Waals surface area contributed by atoms with Gasteiger partial charge >= 0.3 is 0 Å². The summed E-state index contributed by atoms with van der Waals surface area (Å²) in [5.74, 6) is 0.488. The lowest BCUT2D eigenvalue weighted by Crippen LogP contribution is -2.35. The predicted octanol–water partition coefficient (Wildman–Crippen LogP) is 4.05. The minimum Gasteiger partial charge on any atom is -0.379 e. The number of ether oxygens (including phenoxy) is 1. The lowest BCUT2D eigenvalue weighted by atomic mass is 10.0. The van der Waals surface area contributed by atoms with E-state index < -0.39 is 0 Å². The Kier molecular flexibility index (Phi) is 7.08. The number of H-pyrrole nitrogens is 1. The zero-order valence-electron chi connectivity index (χ0n) is 22.0. The van der Waals surface area contributed by atoms with Crippen molar-refractivity contribution in [1.82, 2.24) is 19.9 Å². The molecule has 5 heterocycles. The summed E-state index contributed by atoms with van der Waals surface area (Å²) >= 11 is 0. The number of fused-ring (bicyclic) bond motifs is 1. The summed E-state index contributed by atoms with van der Waals surface area (Å²) in [6.45, 7) is 6.58. The number of hydrogen-bond acceptors (Lipinski definition) is 7. The van der Waals surface area contributed by atoms with Crippen molar-refractivity contribution < 1.29 is 9.53 Å². The van der Waals surface area contributed by atoms with Crippen molar-refractivity contribution in [2.75, 3.05) is 43.1 Å². The summed E-state index contributed by atoms with van der Waals surface area (Å²) in [5, 5.41) is 3.99. The van der Waals surface area contributed by atoms with Crippen LogP contribution in [0.4, 0.5) is 11.5 Å². The quantitative estimate of drug-likeness (QED) is 0.392. The molecular formula is C30H32N6O3. The first-order valence-corrected chi connectivity index (χ1v) is 13.5. The molecule has 9 heteroatoms. The Morgan fingerprint density at radius 2 is 1.92 bits per heavy atom. The van der Waals surface area contributed by atoms with Gasteiger partial charge in [-0.2, -0.15) is 0 Å². The molecule has 2 aliphatic heterocycles. The fraction of sp³-hybridized carbons (Fsp3) is 0.333. The molecule has 1 amide bonds. The average Bonchev–Trinajstić information content (AvgIpc) is 3.44. The summed E-state index contributed by atoms with van der Waals surface area (Å²) in [5.41, 5.74) is 4.85. The highest BCUT2D eigenvalue weighted by Gasteiger charge is 2.30. The minimum absolute atomic E-state index is 0.136. The molecule has 0 spiro atoms. The topological polar surface area (TPSA) is 103 Å². The first kappa shape index (κ1) is 25.2. The van der Waals surface area contributed by atoms with Crippen LogP contribution in [0.3, 0.4) is 0 Å². The van der Waals surface area contributed by atoms with Crippen LogP contribution < -0.4 is 15.8 Å². The van der Waals surface area contributed by atoms with Crippen LogP contribution in [0, 0.1) is 6.92 Å². The van der Waals surface area contributed by atoms with E-state index in [1.807, 2.05) is 61.9 Å². The number of aromatic amines is 1. The van der Waals surface area contributed by atoms with Crippen LogP contribution in [-0.4, -0.2) is 58.6 Å². The standard InChI is InChI=1S/C30H32N6O3/c1-20-15-28(37)34-26-5-4-23(17-24(20)26)33-30(38)25-16-21(19-35-11-13-39-14-12-35)18-32-29(25)36-10-2-3-27(36)22-6-8-31-9-7-22/h4-9,15-18,27H,2-3,10-14,19H2,1H3,(H,33,38)(H,34,37). The number of anilines is 2. The van der Waals surface area contributed by atoms with E-state index in [-0.39, 0.29) is 17.5 Å². The maximum Gasteiger partial charge on any atom is 0.259 e. The number of morpholine rings is 1. The smallest absolute Gasteiger partial charge is 0.259 e. The zero-order chi connectivity index (χ0) is 26.8. The molecule has 6 rings (SSSR count). The molecular weight excluding hydrogens is 492 g/mol. The fourth-order valence-corrected chi connectivity index (χ4v) is 5.65. The molecule has 0 bridgehead atoms. The third kappa shape index (κ3) is 5.41. The van der Waals surface area contributed by atoms with Crippen molar-refractivity contribution in [3.05, 3.63) is 93.7 Å². The molecule has 9 nitrogen and oxygen atoms in total. The van der Waals surface area contributed by atoms with Gasteiger partial charge in [0.25, 0.3) is 5.91 Å². The number of benzene rings is 1. The van der Waals surface area contributed by atoms with Gasteiger partial charge in [0.1, 0.15) is 5.82 Å². The van der Waals surface area contributed by atoms with Gasteiger partial charge in [-0.05, 0) is 72.9 Å². The molecule has 2 fully saturated rings. The van der Waals surface area contributed by atoms with E-state index in [1.54, 1.807) is 6.07 Å². The molecule has 1 aromatic carbocycles. The molecule has 0 radical (unpaired) electrons. The van der Waals surface area contributed by atoms with Crippen molar-refractivity contribution in [2.45, 2.75) is 32.4 Å². The van der Waals surface area contributed by atoms with E-state index in [0.29, 0.717) is 36.8 Å². The van der Waals surface area contributed by atoms with Gasteiger partial charge in [0.15, 0.2) is 0 Å². The fourth-order valence-electron chi connectivity index (χ4n) is 5.65. The molecule has 1 atom stereocenters. The Labute approximate surface area is 226 Å². The number of pyridine rings is 3. The van der Waals surface area contributed by atoms with Crippen molar-refractivity contribution in [3.8, 4) is 0 Å². The monoisotopic (exact) mass is 524 g/mol. The summed E-state index contributed by atoms with van der Waals surface area (Å²) in [4.78, 5) is 42.2. The third-order valence-electron chi connectivity index (χ3n) is 7.60. The van der Waals surface area contributed by atoms with Gasteiger partial charge < -0.3 is 19.9 Å². The molecule has 2 aliphatic rings. The summed E-state index contributed by atoms with van der Waals surface area (Å²) in [6, 6.07) is 13.3. The Hall–Kier alpha value is -4.08. The van der Waals surface area contributed by atoms with Crippen molar-refractivity contribution in [1.29, 1.82) is 0 Å². The second-order valence-corrected chi connectivity index (χ2v) is 10.3. The number of amides is 1. The largest absolute Gasteiger partial charge is 0.379 e. The lowest BCUT2D eigenvalue weighted by molar-refractivity contribution is 0.0341. The highest BCUT2D eigenvalue weighted by atomic mass is 16.5. The van der Waals surface area contributed by atoms with E-state index in [9.17, 15) is 9.59 Å². The van der Waals surface area contributed by atoms with Crippen molar-refractivity contribution in [2.24, 2.45) is 0 Å². The molecule has 0 saturated carbocycles. The van der Waals surface area contributed by atoms with Crippen molar-refractivity contribution >= 4 is 28.3 Å². The average molecular weight is 525 g/mol.